The Morgan fingerprint density at radius 2 is 2.10 bits per heavy atom. The molecule has 0 aromatic heterocycles. The number of amides is 2. The van der Waals surface area contributed by atoms with E-state index in [1.807, 2.05) is 24.3 Å². The van der Waals surface area contributed by atoms with Crippen LogP contribution in [0.3, 0.4) is 0 Å². The van der Waals surface area contributed by atoms with Gasteiger partial charge in [-0.25, -0.2) is 0 Å². The Bertz CT molecular complexity index is 1090. The number of halogens is 1. The number of anilines is 1. The number of carbonyl (C=O) groups is 2. The number of hydrogen-bond acceptors (Lipinski definition) is 7. The Morgan fingerprint density at radius 3 is 2.80 bits per heavy atom. The number of hydrogen-bond donors (Lipinski definition) is 2. The molecule has 1 aliphatic rings. The van der Waals surface area contributed by atoms with Crippen LogP contribution in [-0.4, -0.2) is 37.6 Å². The molecule has 2 N–H and O–H groups in total. The molecule has 0 spiro atoms. The second kappa shape index (κ2) is 9.37. The van der Waals surface area contributed by atoms with E-state index in [2.05, 4.69) is 21.2 Å². The van der Waals surface area contributed by atoms with Crippen molar-refractivity contribution >= 4 is 73.5 Å². The predicted octanol–water partition coefficient (Wildman–Crippen LogP) is 4.29. The Morgan fingerprint density at radius 1 is 1.33 bits per heavy atom. The van der Waals surface area contributed by atoms with Crippen molar-refractivity contribution in [2.24, 2.45) is 0 Å². The molecule has 2 aromatic carbocycles. The monoisotopic (exact) mass is 507 g/mol. The molecule has 11 heteroatoms. The topological polar surface area (TPSA) is 113 Å². The maximum Gasteiger partial charge on any atom is 0.271 e. The molecule has 0 atom stereocenters. The normalized spacial score (nSPS) is 15.0. The van der Waals surface area contributed by atoms with Crippen molar-refractivity contribution in [1.82, 2.24) is 4.90 Å². The van der Waals surface area contributed by atoms with Crippen LogP contribution in [0.5, 0.6) is 5.75 Å². The summed E-state index contributed by atoms with van der Waals surface area (Å²) in [5, 5.41) is 23.0. The largest absolute Gasteiger partial charge is 0.506 e. The van der Waals surface area contributed by atoms with E-state index in [0.717, 1.165) is 40.0 Å². The van der Waals surface area contributed by atoms with Crippen molar-refractivity contribution in [3.8, 4) is 5.75 Å². The highest BCUT2D eigenvalue weighted by Gasteiger charge is 2.32. The number of non-ortho nitro benzene ring substituents is 1. The molecule has 1 aliphatic heterocycles. The molecule has 2 amide bonds. The van der Waals surface area contributed by atoms with Crippen molar-refractivity contribution in [2.45, 2.75) is 6.42 Å². The van der Waals surface area contributed by atoms with Gasteiger partial charge in [-0.2, -0.15) is 0 Å². The van der Waals surface area contributed by atoms with Gasteiger partial charge < -0.3 is 10.4 Å². The summed E-state index contributed by atoms with van der Waals surface area (Å²) in [6.07, 6.45) is 1.63. The Hall–Kier alpha value is -2.76. The molecule has 1 fully saturated rings. The molecule has 1 saturated heterocycles. The number of nitrogens with zero attached hydrogens (tertiary/aromatic N) is 2. The summed E-state index contributed by atoms with van der Waals surface area (Å²) < 4.78 is 1.22. The third kappa shape index (κ3) is 5.23. The van der Waals surface area contributed by atoms with Crippen LogP contribution in [0, 0.1) is 10.1 Å². The van der Waals surface area contributed by atoms with Crippen LogP contribution in [0.25, 0.3) is 6.08 Å². The van der Waals surface area contributed by atoms with Gasteiger partial charge in [-0.05, 0) is 29.8 Å². The average Bonchev–Trinajstić information content (AvgIpc) is 2.94. The van der Waals surface area contributed by atoms with Crippen LogP contribution < -0.4 is 5.32 Å². The van der Waals surface area contributed by atoms with E-state index in [1.165, 1.54) is 4.90 Å². The Kier molecular flexibility index (Phi) is 6.85. The molecular weight excluding hydrogens is 494 g/mol. The lowest BCUT2D eigenvalue weighted by Crippen LogP contribution is -2.31. The average molecular weight is 508 g/mol. The van der Waals surface area contributed by atoms with Gasteiger partial charge in [0.2, 0.25) is 5.91 Å². The van der Waals surface area contributed by atoms with Crippen molar-refractivity contribution in [3.63, 3.8) is 0 Å². The zero-order valence-corrected chi connectivity index (χ0v) is 18.4. The van der Waals surface area contributed by atoms with Crippen LogP contribution in [-0.2, 0) is 9.59 Å². The molecule has 0 saturated carbocycles. The fraction of sp³-hybridized carbons (Fsp3) is 0.105. The summed E-state index contributed by atoms with van der Waals surface area (Å²) in [4.78, 5) is 36.9. The van der Waals surface area contributed by atoms with E-state index in [-0.39, 0.29) is 36.0 Å². The Labute approximate surface area is 189 Å². The lowest BCUT2D eigenvalue weighted by molar-refractivity contribution is -0.384. The first kappa shape index (κ1) is 21.9. The smallest absolute Gasteiger partial charge is 0.271 e. The molecule has 30 heavy (non-hydrogen) atoms. The molecular formula is C19H14BrN3O5S2. The summed E-state index contributed by atoms with van der Waals surface area (Å²) in [7, 11) is 0. The van der Waals surface area contributed by atoms with Gasteiger partial charge in [-0.1, -0.05) is 52.0 Å². The van der Waals surface area contributed by atoms with Gasteiger partial charge in [-0.15, -0.1) is 0 Å². The maximum atomic E-state index is 12.6. The zero-order chi connectivity index (χ0) is 21.8. The van der Waals surface area contributed by atoms with Gasteiger partial charge in [0.1, 0.15) is 10.1 Å². The highest BCUT2D eigenvalue weighted by atomic mass is 79.9. The molecule has 3 rings (SSSR count). The number of thioether (sulfide) groups is 1. The standard InChI is InChI=1S/C19H14BrN3O5S2/c20-12-3-1-2-11(8-12)9-16-18(26)22(19(29)30-16)7-6-17(25)21-14-10-13(23(27)28)4-5-15(14)24/h1-5,8-10,24H,6-7H2,(H,21,25)/b16-9-. The van der Waals surface area contributed by atoms with Gasteiger partial charge >= 0.3 is 0 Å². The number of thiocarbonyl (C=S) groups is 1. The van der Waals surface area contributed by atoms with Crippen molar-refractivity contribution in [1.29, 1.82) is 0 Å². The minimum absolute atomic E-state index is 0.0437. The molecule has 154 valence electrons. The second-order valence-electron chi connectivity index (χ2n) is 6.15. The predicted molar refractivity (Wildman–Crippen MR) is 122 cm³/mol. The van der Waals surface area contributed by atoms with Crippen LogP contribution >= 0.6 is 39.9 Å². The van der Waals surface area contributed by atoms with Crippen LogP contribution in [0.2, 0.25) is 0 Å². The maximum absolute atomic E-state index is 12.6. The zero-order valence-electron chi connectivity index (χ0n) is 15.2. The molecule has 0 radical (unpaired) electrons. The van der Waals surface area contributed by atoms with E-state index >= 15 is 0 Å². The van der Waals surface area contributed by atoms with Gasteiger partial charge in [-0.3, -0.25) is 24.6 Å². The van der Waals surface area contributed by atoms with Crippen molar-refractivity contribution < 1.29 is 19.6 Å². The highest BCUT2D eigenvalue weighted by molar-refractivity contribution is 9.10. The van der Waals surface area contributed by atoms with Crippen LogP contribution in [0.15, 0.2) is 51.8 Å². The van der Waals surface area contributed by atoms with E-state index in [1.54, 1.807) is 6.08 Å². The highest BCUT2D eigenvalue weighted by Crippen LogP contribution is 2.33. The number of phenols is 1. The third-order valence-electron chi connectivity index (χ3n) is 4.05. The van der Waals surface area contributed by atoms with E-state index < -0.39 is 10.8 Å². The number of benzene rings is 2. The summed E-state index contributed by atoms with van der Waals surface area (Å²) >= 11 is 9.79. The first-order valence-electron chi connectivity index (χ1n) is 8.53. The summed E-state index contributed by atoms with van der Waals surface area (Å²) in [6, 6.07) is 10.8. The van der Waals surface area contributed by atoms with Crippen molar-refractivity contribution in [2.75, 3.05) is 11.9 Å². The minimum atomic E-state index is -0.632. The lowest BCUT2D eigenvalue weighted by atomic mass is 10.2. The number of carbonyl (C=O) groups excluding carboxylic acids is 2. The SMILES string of the molecule is O=C(CCN1C(=O)/C(=C/c2cccc(Br)c2)SC1=S)Nc1cc([N+](=O)[O-])ccc1O. The summed E-state index contributed by atoms with van der Waals surface area (Å²) in [5.74, 6) is -1.11. The van der Waals surface area contributed by atoms with Crippen molar-refractivity contribution in [3.05, 3.63) is 67.5 Å². The molecule has 2 aromatic rings. The third-order valence-corrected chi connectivity index (χ3v) is 5.92. The first-order valence-corrected chi connectivity index (χ1v) is 10.5. The molecule has 8 nitrogen and oxygen atoms in total. The first-order chi connectivity index (χ1) is 14.2. The number of phenolic OH excluding ortho intramolecular Hbond substituents is 1. The van der Waals surface area contributed by atoms with E-state index in [4.69, 9.17) is 12.2 Å². The molecule has 0 bridgehead atoms. The molecule has 0 unspecified atom stereocenters. The Balaban J connectivity index is 1.64. The number of nitrogens with one attached hydrogen (secondary N) is 1. The van der Waals surface area contributed by atoms with E-state index in [9.17, 15) is 24.8 Å². The quantitative estimate of drug-likeness (QED) is 0.197. The van der Waals surface area contributed by atoms with E-state index in [0.29, 0.717) is 9.23 Å². The summed E-state index contributed by atoms with van der Waals surface area (Å²) in [5.41, 5.74) is 0.496. The second-order valence-corrected chi connectivity index (χ2v) is 8.74. The fourth-order valence-corrected chi connectivity index (χ4v) is 4.33. The summed E-state index contributed by atoms with van der Waals surface area (Å²) in [6.45, 7) is 0.0437. The molecule has 1 heterocycles. The van der Waals surface area contributed by atoms with Gasteiger partial charge in [0.05, 0.1) is 15.5 Å². The number of nitro groups is 1. The fourth-order valence-electron chi connectivity index (χ4n) is 2.60. The number of rotatable bonds is 6. The molecule has 0 aliphatic carbocycles. The minimum Gasteiger partial charge on any atom is -0.506 e. The van der Waals surface area contributed by atoms with Gasteiger partial charge in [0.15, 0.2) is 0 Å². The lowest BCUT2D eigenvalue weighted by Gasteiger charge is -2.14. The number of aromatic hydroxyl groups is 1. The van der Waals surface area contributed by atoms with Gasteiger partial charge in [0.25, 0.3) is 11.6 Å². The van der Waals surface area contributed by atoms with Gasteiger partial charge in [0, 0.05) is 29.6 Å². The number of nitro benzene ring substituents is 1. The van der Waals surface area contributed by atoms with Crippen LogP contribution in [0.1, 0.15) is 12.0 Å². The van der Waals surface area contributed by atoms with Crippen LogP contribution in [0.4, 0.5) is 11.4 Å².